The van der Waals surface area contributed by atoms with Crippen LogP contribution >= 0.6 is 0 Å². The monoisotopic (exact) mass is 294 g/mol. The van der Waals surface area contributed by atoms with Crippen LogP contribution in [-0.4, -0.2) is 11.1 Å². The second kappa shape index (κ2) is 17.1. The number of carboxylic acid groups (broad SMARTS) is 1. The van der Waals surface area contributed by atoms with Gasteiger partial charge in [0, 0.05) is 19.3 Å². The molecule has 0 heterocycles. The lowest BCUT2D eigenvalue weighted by Gasteiger charge is -1.98. The van der Waals surface area contributed by atoms with Crippen molar-refractivity contribution in [3.8, 4) is 11.8 Å². The molecule has 0 aliphatic carbocycles. The number of carbonyl (C=O) groups is 1. The highest BCUT2D eigenvalue weighted by molar-refractivity contribution is 5.66. The van der Waals surface area contributed by atoms with E-state index in [0.717, 1.165) is 25.7 Å². The van der Waals surface area contributed by atoms with Crippen molar-refractivity contribution in [3.63, 3.8) is 0 Å². The fraction of sp³-hybridized carbons (Fsp3) is 0.842. The Labute approximate surface area is 131 Å². The van der Waals surface area contributed by atoms with Crippen molar-refractivity contribution in [1.82, 2.24) is 0 Å². The van der Waals surface area contributed by atoms with Gasteiger partial charge in [-0.25, -0.2) is 0 Å². The van der Waals surface area contributed by atoms with Gasteiger partial charge in [-0.2, -0.15) is 0 Å². The Morgan fingerprint density at radius 2 is 1.14 bits per heavy atom. The summed E-state index contributed by atoms with van der Waals surface area (Å²) in [7, 11) is 0. The van der Waals surface area contributed by atoms with Crippen LogP contribution in [0.2, 0.25) is 0 Å². The van der Waals surface area contributed by atoms with Gasteiger partial charge >= 0.3 is 5.97 Å². The fourth-order valence-corrected chi connectivity index (χ4v) is 2.37. The number of carboxylic acids is 1. The zero-order valence-electron chi connectivity index (χ0n) is 14.0. The smallest absolute Gasteiger partial charge is 0.303 e. The molecule has 0 aromatic heterocycles. The zero-order valence-corrected chi connectivity index (χ0v) is 14.0. The number of aliphatic carboxylic acids is 1. The molecule has 0 amide bonds. The Balaban J connectivity index is 3.11. The molecule has 21 heavy (non-hydrogen) atoms. The molecule has 0 atom stereocenters. The van der Waals surface area contributed by atoms with E-state index in [1.165, 1.54) is 64.2 Å². The van der Waals surface area contributed by atoms with Gasteiger partial charge in [0.2, 0.25) is 0 Å². The number of hydrogen-bond donors (Lipinski definition) is 1. The van der Waals surface area contributed by atoms with Gasteiger partial charge in [-0.15, -0.1) is 11.8 Å². The summed E-state index contributed by atoms with van der Waals surface area (Å²) in [6, 6.07) is 0. The molecule has 0 aliphatic rings. The van der Waals surface area contributed by atoms with Crippen molar-refractivity contribution >= 4 is 5.97 Å². The SMILES string of the molecule is CCCCCCCCC#CCCCCCCCCC(=O)O. The maximum atomic E-state index is 10.3. The summed E-state index contributed by atoms with van der Waals surface area (Å²) in [6.45, 7) is 2.25. The van der Waals surface area contributed by atoms with E-state index in [1.54, 1.807) is 0 Å². The minimum Gasteiger partial charge on any atom is -0.481 e. The Kier molecular flexibility index (Phi) is 16.3. The van der Waals surface area contributed by atoms with Gasteiger partial charge in [0.1, 0.15) is 0 Å². The predicted octanol–water partition coefficient (Wildman–Crippen LogP) is 5.95. The lowest BCUT2D eigenvalue weighted by molar-refractivity contribution is -0.137. The Hall–Kier alpha value is -0.970. The lowest BCUT2D eigenvalue weighted by atomic mass is 10.1. The average molecular weight is 294 g/mol. The number of unbranched alkanes of at least 4 members (excludes halogenated alkanes) is 12. The van der Waals surface area contributed by atoms with Gasteiger partial charge in [-0.3, -0.25) is 4.79 Å². The third kappa shape index (κ3) is 19.0. The molecule has 0 radical (unpaired) electrons. The van der Waals surface area contributed by atoms with Crippen LogP contribution in [0, 0.1) is 11.8 Å². The van der Waals surface area contributed by atoms with E-state index in [0.29, 0.717) is 6.42 Å². The largest absolute Gasteiger partial charge is 0.481 e. The van der Waals surface area contributed by atoms with E-state index in [4.69, 9.17) is 5.11 Å². The molecule has 0 aromatic rings. The van der Waals surface area contributed by atoms with Crippen molar-refractivity contribution in [2.75, 3.05) is 0 Å². The summed E-state index contributed by atoms with van der Waals surface area (Å²) in [5.74, 6) is 5.89. The molecule has 0 spiro atoms. The molecule has 0 saturated carbocycles. The van der Waals surface area contributed by atoms with Gasteiger partial charge < -0.3 is 5.11 Å². The third-order valence-corrected chi connectivity index (χ3v) is 3.72. The first kappa shape index (κ1) is 20.0. The van der Waals surface area contributed by atoms with E-state index in [1.807, 2.05) is 0 Å². The van der Waals surface area contributed by atoms with Crippen molar-refractivity contribution in [1.29, 1.82) is 0 Å². The molecular formula is C19H34O2. The molecule has 0 saturated heterocycles. The number of rotatable bonds is 14. The summed E-state index contributed by atoms with van der Waals surface area (Å²) in [6.07, 6.45) is 17.2. The summed E-state index contributed by atoms with van der Waals surface area (Å²) >= 11 is 0. The Morgan fingerprint density at radius 1 is 0.714 bits per heavy atom. The molecule has 0 aromatic carbocycles. The van der Waals surface area contributed by atoms with Crippen LogP contribution in [0.4, 0.5) is 0 Å². The molecule has 1 N–H and O–H groups in total. The summed E-state index contributed by atoms with van der Waals surface area (Å²) in [5.41, 5.74) is 0. The van der Waals surface area contributed by atoms with Gasteiger partial charge in [0.05, 0.1) is 0 Å². The topological polar surface area (TPSA) is 37.3 Å². The lowest BCUT2D eigenvalue weighted by Crippen LogP contribution is -1.93. The highest BCUT2D eigenvalue weighted by Gasteiger charge is 1.96. The van der Waals surface area contributed by atoms with Crippen LogP contribution in [0.15, 0.2) is 0 Å². The molecule has 0 fully saturated rings. The van der Waals surface area contributed by atoms with Crippen molar-refractivity contribution in [2.24, 2.45) is 0 Å². The maximum Gasteiger partial charge on any atom is 0.303 e. The minimum absolute atomic E-state index is 0.323. The van der Waals surface area contributed by atoms with Crippen LogP contribution in [0.25, 0.3) is 0 Å². The van der Waals surface area contributed by atoms with Gasteiger partial charge in [0.15, 0.2) is 0 Å². The maximum absolute atomic E-state index is 10.3. The second-order valence-corrected chi connectivity index (χ2v) is 5.89. The summed E-state index contributed by atoms with van der Waals surface area (Å²) < 4.78 is 0. The van der Waals surface area contributed by atoms with Crippen LogP contribution in [0.1, 0.15) is 103 Å². The minimum atomic E-state index is -0.671. The molecule has 0 unspecified atom stereocenters. The molecule has 0 bridgehead atoms. The van der Waals surface area contributed by atoms with E-state index >= 15 is 0 Å². The van der Waals surface area contributed by atoms with Crippen molar-refractivity contribution in [3.05, 3.63) is 0 Å². The quantitative estimate of drug-likeness (QED) is 0.318. The normalized spacial score (nSPS) is 10.1. The fourth-order valence-electron chi connectivity index (χ4n) is 2.37. The standard InChI is InChI=1S/C19H34O2/c1-2-3-4-5-6-7-8-9-10-11-12-13-14-15-16-17-18-19(20)21/h2-8,11-18H2,1H3,(H,20,21). The van der Waals surface area contributed by atoms with Crippen LogP contribution in [0.3, 0.4) is 0 Å². The first-order valence-electron chi connectivity index (χ1n) is 8.95. The van der Waals surface area contributed by atoms with E-state index in [2.05, 4.69) is 18.8 Å². The first-order chi connectivity index (χ1) is 10.3. The molecule has 0 aliphatic heterocycles. The van der Waals surface area contributed by atoms with E-state index < -0.39 is 5.97 Å². The Bertz CT molecular complexity index is 286. The van der Waals surface area contributed by atoms with Gasteiger partial charge in [-0.05, 0) is 19.3 Å². The van der Waals surface area contributed by atoms with Crippen molar-refractivity contribution < 1.29 is 9.90 Å². The highest BCUT2D eigenvalue weighted by Crippen LogP contribution is 2.09. The zero-order chi connectivity index (χ0) is 15.6. The Morgan fingerprint density at radius 3 is 1.62 bits per heavy atom. The summed E-state index contributed by atoms with van der Waals surface area (Å²) in [5, 5.41) is 8.51. The average Bonchev–Trinajstić information content (AvgIpc) is 2.46. The molecule has 2 heteroatoms. The van der Waals surface area contributed by atoms with E-state index in [9.17, 15) is 4.79 Å². The molecule has 122 valence electrons. The summed E-state index contributed by atoms with van der Waals surface area (Å²) in [4.78, 5) is 10.3. The first-order valence-corrected chi connectivity index (χ1v) is 8.95. The van der Waals surface area contributed by atoms with E-state index in [-0.39, 0.29) is 0 Å². The van der Waals surface area contributed by atoms with Crippen LogP contribution in [-0.2, 0) is 4.79 Å². The third-order valence-electron chi connectivity index (χ3n) is 3.72. The highest BCUT2D eigenvalue weighted by atomic mass is 16.4. The predicted molar refractivity (Wildman–Crippen MR) is 90.3 cm³/mol. The van der Waals surface area contributed by atoms with Crippen LogP contribution < -0.4 is 0 Å². The second-order valence-electron chi connectivity index (χ2n) is 5.89. The number of hydrogen-bond acceptors (Lipinski definition) is 1. The van der Waals surface area contributed by atoms with Gasteiger partial charge in [0.25, 0.3) is 0 Å². The van der Waals surface area contributed by atoms with Crippen LogP contribution in [0.5, 0.6) is 0 Å². The van der Waals surface area contributed by atoms with Crippen molar-refractivity contribution in [2.45, 2.75) is 103 Å². The van der Waals surface area contributed by atoms with Gasteiger partial charge in [-0.1, -0.05) is 64.7 Å². The molecular weight excluding hydrogens is 260 g/mol. The molecule has 2 nitrogen and oxygen atoms in total. The molecule has 0 rings (SSSR count).